The van der Waals surface area contributed by atoms with Gasteiger partial charge in [-0.05, 0) is 62.8 Å². The summed E-state index contributed by atoms with van der Waals surface area (Å²) in [5.41, 5.74) is -2.64. The Morgan fingerprint density at radius 3 is 2.00 bits per heavy atom. The van der Waals surface area contributed by atoms with Crippen LogP contribution < -0.4 is 10.2 Å². The van der Waals surface area contributed by atoms with E-state index < -0.39 is 23.5 Å². The fourth-order valence-corrected chi connectivity index (χ4v) is 4.66. The molecule has 2 fully saturated rings. The summed E-state index contributed by atoms with van der Waals surface area (Å²) in [7, 11) is 0. The summed E-state index contributed by atoms with van der Waals surface area (Å²) in [5.74, 6) is 0.270. The highest BCUT2D eigenvalue weighted by Crippen LogP contribution is 2.38. The summed E-state index contributed by atoms with van der Waals surface area (Å²) in [4.78, 5) is 15.3. The van der Waals surface area contributed by atoms with Crippen LogP contribution in [-0.4, -0.2) is 49.6 Å². The second kappa shape index (κ2) is 10.8. The lowest BCUT2D eigenvalue weighted by Gasteiger charge is -2.37. The highest BCUT2D eigenvalue weighted by Gasteiger charge is 2.37. The number of piperazine rings is 1. The number of nitrogens with zero attached hydrogens (tertiary/aromatic N) is 3. The van der Waals surface area contributed by atoms with Crippen molar-refractivity contribution in [1.82, 2.24) is 10.2 Å². The molecule has 1 saturated heterocycles. The predicted octanol–water partition coefficient (Wildman–Crippen LogP) is 4.82. The molecule has 0 radical (unpaired) electrons. The fourth-order valence-electron chi connectivity index (χ4n) is 4.66. The summed E-state index contributed by atoms with van der Waals surface area (Å²) in [6.45, 7) is 2.67. The van der Waals surface area contributed by atoms with Gasteiger partial charge in [-0.15, -0.1) is 0 Å². The Morgan fingerprint density at radius 2 is 1.50 bits per heavy atom. The van der Waals surface area contributed by atoms with Crippen LogP contribution in [-0.2, 0) is 17.1 Å². The normalized spacial score (nSPS) is 22.3. The van der Waals surface area contributed by atoms with E-state index in [1.165, 1.54) is 0 Å². The highest BCUT2D eigenvalue weighted by molar-refractivity contribution is 5.78. The largest absolute Gasteiger partial charge is 0.416 e. The molecule has 1 saturated carbocycles. The zero-order valence-electron chi connectivity index (χ0n) is 18.7. The minimum absolute atomic E-state index is 0.0569. The van der Waals surface area contributed by atoms with Crippen molar-refractivity contribution in [2.75, 3.05) is 37.6 Å². The lowest BCUT2D eigenvalue weighted by molar-refractivity contribution is -0.143. The SMILES string of the molecule is N#CCC(=O)NC1CCC(CCN2CCN(c3cc(C(F)(F)F)cc(C(F)(F)F)c3)CC2)CC1. The first-order valence-electron chi connectivity index (χ1n) is 11.4. The van der Waals surface area contributed by atoms with Crippen LogP contribution >= 0.6 is 0 Å². The van der Waals surface area contributed by atoms with E-state index >= 15 is 0 Å². The summed E-state index contributed by atoms with van der Waals surface area (Å²) in [6.07, 6.45) is -5.20. The number of nitriles is 1. The van der Waals surface area contributed by atoms with Crippen LogP contribution in [0.15, 0.2) is 18.2 Å². The van der Waals surface area contributed by atoms with Gasteiger partial charge in [0.05, 0.1) is 17.2 Å². The maximum Gasteiger partial charge on any atom is 0.416 e. The number of carbonyl (C=O) groups excluding carboxylic acids is 1. The van der Waals surface area contributed by atoms with Gasteiger partial charge in [-0.1, -0.05) is 0 Å². The molecule has 34 heavy (non-hydrogen) atoms. The minimum Gasteiger partial charge on any atom is -0.369 e. The van der Waals surface area contributed by atoms with Crippen molar-refractivity contribution in [3.63, 3.8) is 0 Å². The summed E-state index contributed by atoms with van der Waals surface area (Å²) in [6, 6.07) is 3.68. The third-order valence-electron chi connectivity index (χ3n) is 6.61. The highest BCUT2D eigenvalue weighted by atomic mass is 19.4. The third kappa shape index (κ3) is 7.26. The van der Waals surface area contributed by atoms with E-state index in [1.54, 1.807) is 4.90 Å². The van der Waals surface area contributed by atoms with Crippen LogP contribution in [0, 0.1) is 17.2 Å². The Morgan fingerprint density at radius 1 is 0.941 bits per heavy atom. The number of alkyl halides is 6. The van der Waals surface area contributed by atoms with Crippen molar-refractivity contribution in [3.05, 3.63) is 29.3 Å². The van der Waals surface area contributed by atoms with Gasteiger partial charge in [0.25, 0.3) is 0 Å². The number of carbonyl (C=O) groups is 1. The van der Waals surface area contributed by atoms with E-state index in [2.05, 4.69) is 10.2 Å². The van der Waals surface area contributed by atoms with Crippen molar-refractivity contribution in [2.24, 2.45) is 5.92 Å². The Bertz CT molecular complexity index is 847. The van der Waals surface area contributed by atoms with E-state index in [4.69, 9.17) is 5.26 Å². The Balaban J connectivity index is 1.48. The first kappa shape index (κ1) is 26.1. The van der Waals surface area contributed by atoms with Gasteiger partial charge in [-0.3, -0.25) is 9.69 Å². The maximum atomic E-state index is 13.1. The standard InChI is InChI=1S/C23H28F6N4O/c24-22(25,26)17-13-18(23(27,28)29)15-20(14-17)33-11-9-32(10-12-33)8-6-16-1-3-19(4-2-16)31-21(34)5-7-30/h13-16,19H,1-6,8-12H2,(H,31,34). The van der Waals surface area contributed by atoms with Crippen molar-refractivity contribution in [1.29, 1.82) is 5.26 Å². The molecule has 1 heterocycles. The molecule has 0 aromatic heterocycles. The lowest BCUT2D eigenvalue weighted by atomic mass is 9.84. The van der Waals surface area contributed by atoms with E-state index in [0.717, 1.165) is 50.8 Å². The number of amides is 1. The number of anilines is 1. The van der Waals surface area contributed by atoms with E-state index in [-0.39, 0.29) is 30.1 Å². The molecular weight excluding hydrogens is 462 g/mol. The molecule has 1 aliphatic carbocycles. The molecule has 1 aromatic rings. The van der Waals surface area contributed by atoms with Crippen LogP contribution in [0.2, 0.25) is 0 Å². The smallest absolute Gasteiger partial charge is 0.369 e. The zero-order valence-corrected chi connectivity index (χ0v) is 18.7. The van der Waals surface area contributed by atoms with E-state index in [0.29, 0.717) is 32.1 Å². The van der Waals surface area contributed by atoms with Gasteiger partial charge < -0.3 is 10.2 Å². The number of halogens is 6. The van der Waals surface area contributed by atoms with Gasteiger partial charge in [0.1, 0.15) is 6.42 Å². The molecule has 1 aliphatic heterocycles. The number of rotatable bonds is 6. The molecule has 11 heteroatoms. The van der Waals surface area contributed by atoms with E-state index in [9.17, 15) is 31.1 Å². The van der Waals surface area contributed by atoms with Gasteiger partial charge >= 0.3 is 12.4 Å². The predicted molar refractivity (Wildman–Crippen MR) is 114 cm³/mol. The molecule has 1 N–H and O–H groups in total. The third-order valence-corrected chi connectivity index (χ3v) is 6.61. The molecule has 1 aromatic carbocycles. The molecule has 1 amide bonds. The van der Waals surface area contributed by atoms with Crippen LogP contribution in [0.5, 0.6) is 0 Å². The number of nitrogens with one attached hydrogen (secondary N) is 1. The van der Waals surface area contributed by atoms with Gasteiger partial charge in [0.2, 0.25) is 5.91 Å². The second-order valence-corrected chi connectivity index (χ2v) is 9.00. The van der Waals surface area contributed by atoms with Gasteiger partial charge in [0.15, 0.2) is 0 Å². The summed E-state index contributed by atoms with van der Waals surface area (Å²) < 4.78 is 78.8. The van der Waals surface area contributed by atoms with Crippen LogP contribution in [0.25, 0.3) is 0 Å². The Kier molecular flexibility index (Phi) is 8.34. The molecule has 0 spiro atoms. The van der Waals surface area contributed by atoms with E-state index in [1.807, 2.05) is 6.07 Å². The summed E-state index contributed by atoms with van der Waals surface area (Å²) in [5, 5.41) is 11.4. The molecular formula is C23H28F6N4O. The van der Waals surface area contributed by atoms with Crippen molar-refractivity contribution >= 4 is 11.6 Å². The van der Waals surface area contributed by atoms with Crippen molar-refractivity contribution in [3.8, 4) is 6.07 Å². The van der Waals surface area contributed by atoms with Gasteiger partial charge in [0, 0.05) is 37.9 Å². The number of hydrogen-bond acceptors (Lipinski definition) is 4. The zero-order chi connectivity index (χ0) is 24.9. The van der Waals surface area contributed by atoms with Gasteiger partial charge in [-0.2, -0.15) is 31.6 Å². The topological polar surface area (TPSA) is 59.4 Å². The molecule has 188 valence electrons. The fraction of sp³-hybridized carbons (Fsp3) is 0.652. The quantitative estimate of drug-likeness (QED) is 0.581. The second-order valence-electron chi connectivity index (χ2n) is 9.00. The van der Waals surface area contributed by atoms with Crippen LogP contribution in [0.1, 0.15) is 49.7 Å². The van der Waals surface area contributed by atoms with Crippen LogP contribution in [0.3, 0.4) is 0 Å². The lowest BCUT2D eigenvalue weighted by Crippen LogP contribution is -2.47. The molecule has 0 atom stereocenters. The molecule has 5 nitrogen and oxygen atoms in total. The molecule has 2 aliphatic rings. The molecule has 0 unspecified atom stereocenters. The minimum atomic E-state index is -4.85. The Labute approximate surface area is 194 Å². The summed E-state index contributed by atoms with van der Waals surface area (Å²) >= 11 is 0. The first-order valence-corrected chi connectivity index (χ1v) is 11.4. The van der Waals surface area contributed by atoms with Crippen LogP contribution in [0.4, 0.5) is 32.0 Å². The molecule has 3 rings (SSSR count). The van der Waals surface area contributed by atoms with Crippen molar-refractivity contribution < 1.29 is 31.1 Å². The first-order chi connectivity index (χ1) is 16.0. The maximum absolute atomic E-state index is 13.1. The van der Waals surface area contributed by atoms with Crippen molar-refractivity contribution in [2.45, 2.75) is 56.9 Å². The molecule has 0 bridgehead atoms. The Hall–Kier alpha value is -2.48. The van der Waals surface area contributed by atoms with Gasteiger partial charge in [-0.25, -0.2) is 0 Å². The average Bonchev–Trinajstić information content (AvgIpc) is 2.78. The number of benzene rings is 1. The average molecular weight is 490 g/mol. The number of hydrogen-bond donors (Lipinski definition) is 1. The monoisotopic (exact) mass is 490 g/mol.